The number of Topliss-reactive ketones (excluding diaryl/α,β-unsaturated/α-hetero) is 1. The summed E-state index contributed by atoms with van der Waals surface area (Å²) in [6, 6.07) is 9.02. The Morgan fingerprint density at radius 2 is 1.89 bits per heavy atom. The van der Waals surface area contributed by atoms with E-state index in [1.54, 1.807) is 24.3 Å². The lowest BCUT2D eigenvalue weighted by Crippen LogP contribution is -2.17. The van der Waals surface area contributed by atoms with Crippen LogP contribution in [0.2, 0.25) is 0 Å². The van der Waals surface area contributed by atoms with E-state index in [4.69, 9.17) is 10.00 Å². The minimum Gasteiger partial charge on any atom is -0.479 e. The van der Waals surface area contributed by atoms with Gasteiger partial charge in [0.1, 0.15) is 11.8 Å². The van der Waals surface area contributed by atoms with Crippen LogP contribution >= 0.6 is 0 Å². The van der Waals surface area contributed by atoms with Crippen LogP contribution in [0.3, 0.4) is 0 Å². The Morgan fingerprint density at radius 1 is 1.22 bits per heavy atom. The molecule has 0 atom stereocenters. The molecule has 0 amide bonds. The summed E-state index contributed by atoms with van der Waals surface area (Å²) in [6.07, 6.45) is 5.63. The summed E-state index contributed by atoms with van der Waals surface area (Å²) >= 11 is 0. The van der Waals surface area contributed by atoms with Crippen molar-refractivity contribution in [2.45, 2.75) is 32.1 Å². The van der Waals surface area contributed by atoms with Crippen molar-refractivity contribution >= 4 is 5.78 Å². The maximum absolute atomic E-state index is 12.2. The fraction of sp³-hybridized carbons (Fsp3) is 0.467. The average molecular weight is 243 g/mol. The number of carbonyl (C=O) groups is 1. The third kappa shape index (κ3) is 3.10. The van der Waals surface area contributed by atoms with Crippen LogP contribution in [0.25, 0.3) is 0 Å². The average Bonchev–Trinajstić information content (AvgIpc) is 2.46. The van der Waals surface area contributed by atoms with E-state index >= 15 is 0 Å². The molecule has 1 fully saturated rings. The smallest absolute Gasteiger partial charge is 0.174 e. The van der Waals surface area contributed by atoms with Crippen LogP contribution in [-0.2, 0) is 0 Å². The Kier molecular flexibility index (Phi) is 4.35. The van der Waals surface area contributed by atoms with E-state index in [1.165, 1.54) is 19.3 Å². The van der Waals surface area contributed by atoms with E-state index in [9.17, 15) is 4.79 Å². The quantitative estimate of drug-likeness (QED) is 0.762. The van der Waals surface area contributed by atoms with Gasteiger partial charge in [-0.1, -0.05) is 19.3 Å². The van der Waals surface area contributed by atoms with E-state index in [1.807, 2.05) is 6.07 Å². The van der Waals surface area contributed by atoms with E-state index < -0.39 is 0 Å². The molecule has 0 N–H and O–H groups in total. The van der Waals surface area contributed by atoms with Crippen molar-refractivity contribution in [1.82, 2.24) is 0 Å². The number of nitriles is 1. The molecule has 0 bridgehead atoms. The maximum atomic E-state index is 12.2. The molecule has 0 spiro atoms. The van der Waals surface area contributed by atoms with Crippen molar-refractivity contribution in [2.75, 3.05) is 6.61 Å². The SMILES string of the molecule is N#CCOc1ccc(C(=O)C2CCCCC2)cc1. The zero-order chi connectivity index (χ0) is 12.8. The number of nitrogens with zero attached hydrogens (tertiary/aromatic N) is 1. The summed E-state index contributed by atoms with van der Waals surface area (Å²) in [5, 5.41) is 8.41. The Hall–Kier alpha value is -1.82. The standard InChI is InChI=1S/C15H17NO2/c16-10-11-18-14-8-6-13(7-9-14)15(17)12-4-2-1-3-5-12/h6-9,12H,1-5,11H2. The number of ether oxygens (including phenoxy) is 1. The molecule has 1 aromatic carbocycles. The van der Waals surface area contributed by atoms with Gasteiger partial charge in [-0.2, -0.15) is 5.26 Å². The Labute approximate surface area is 107 Å². The molecular weight excluding hydrogens is 226 g/mol. The molecule has 1 saturated carbocycles. The van der Waals surface area contributed by atoms with E-state index in [0.29, 0.717) is 5.75 Å². The lowest BCUT2D eigenvalue weighted by atomic mass is 9.84. The normalized spacial score (nSPS) is 15.9. The molecule has 0 aliphatic heterocycles. The van der Waals surface area contributed by atoms with Gasteiger partial charge in [-0.3, -0.25) is 4.79 Å². The number of hydrogen-bond donors (Lipinski definition) is 0. The van der Waals surface area contributed by atoms with Crippen LogP contribution in [0, 0.1) is 17.2 Å². The van der Waals surface area contributed by atoms with Gasteiger partial charge in [0.2, 0.25) is 0 Å². The number of carbonyl (C=O) groups excluding carboxylic acids is 1. The summed E-state index contributed by atoms with van der Waals surface area (Å²) in [5.74, 6) is 1.09. The van der Waals surface area contributed by atoms with Crippen LogP contribution in [0.4, 0.5) is 0 Å². The first kappa shape index (κ1) is 12.6. The highest BCUT2D eigenvalue weighted by molar-refractivity contribution is 5.97. The maximum Gasteiger partial charge on any atom is 0.174 e. The predicted octanol–water partition coefficient (Wildman–Crippen LogP) is 3.35. The minimum atomic E-state index is 0.0376. The molecule has 1 aromatic rings. The van der Waals surface area contributed by atoms with Gasteiger partial charge in [-0.25, -0.2) is 0 Å². The topological polar surface area (TPSA) is 50.1 Å². The number of benzene rings is 1. The van der Waals surface area contributed by atoms with E-state index in [2.05, 4.69) is 0 Å². The van der Waals surface area contributed by atoms with Gasteiger partial charge >= 0.3 is 0 Å². The highest BCUT2D eigenvalue weighted by Gasteiger charge is 2.22. The predicted molar refractivity (Wildman–Crippen MR) is 68.5 cm³/mol. The Bertz CT molecular complexity index is 439. The molecule has 0 radical (unpaired) electrons. The van der Waals surface area contributed by atoms with Crippen LogP contribution in [0.15, 0.2) is 24.3 Å². The van der Waals surface area contributed by atoms with Crippen LogP contribution < -0.4 is 4.74 Å². The van der Waals surface area contributed by atoms with E-state index in [-0.39, 0.29) is 18.3 Å². The first-order valence-corrected chi connectivity index (χ1v) is 6.45. The molecule has 0 heterocycles. The third-order valence-corrected chi connectivity index (χ3v) is 3.42. The van der Waals surface area contributed by atoms with Crippen molar-refractivity contribution in [3.8, 4) is 11.8 Å². The fourth-order valence-electron chi connectivity index (χ4n) is 2.43. The van der Waals surface area contributed by atoms with Crippen LogP contribution in [0.1, 0.15) is 42.5 Å². The molecular formula is C15H17NO2. The van der Waals surface area contributed by atoms with Gasteiger partial charge in [0.25, 0.3) is 0 Å². The molecule has 94 valence electrons. The second-order valence-corrected chi connectivity index (χ2v) is 4.67. The molecule has 0 unspecified atom stereocenters. The highest BCUT2D eigenvalue weighted by Crippen LogP contribution is 2.27. The molecule has 2 rings (SSSR count). The molecule has 3 nitrogen and oxygen atoms in total. The largest absolute Gasteiger partial charge is 0.479 e. The van der Waals surface area contributed by atoms with E-state index in [0.717, 1.165) is 18.4 Å². The van der Waals surface area contributed by atoms with Gasteiger partial charge in [-0.05, 0) is 37.1 Å². The fourth-order valence-corrected chi connectivity index (χ4v) is 2.43. The van der Waals surface area contributed by atoms with Crippen LogP contribution in [0.5, 0.6) is 5.75 Å². The number of rotatable bonds is 4. The van der Waals surface area contributed by atoms with Gasteiger partial charge < -0.3 is 4.74 Å². The number of hydrogen-bond acceptors (Lipinski definition) is 3. The molecule has 0 saturated heterocycles. The zero-order valence-corrected chi connectivity index (χ0v) is 10.4. The second-order valence-electron chi connectivity index (χ2n) is 4.67. The molecule has 1 aliphatic carbocycles. The first-order valence-electron chi connectivity index (χ1n) is 6.45. The third-order valence-electron chi connectivity index (χ3n) is 3.42. The Morgan fingerprint density at radius 3 is 2.50 bits per heavy atom. The van der Waals surface area contributed by atoms with Crippen molar-refractivity contribution in [1.29, 1.82) is 5.26 Å². The van der Waals surface area contributed by atoms with Crippen molar-refractivity contribution in [3.05, 3.63) is 29.8 Å². The zero-order valence-electron chi connectivity index (χ0n) is 10.4. The lowest BCUT2D eigenvalue weighted by Gasteiger charge is -2.20. The molecule has 18 heavy (non-hydrogen) atoms. The first-order chi connectivity index (χ1) is 8.81. The van der Waals surface area contributed by atoms with Gasteiger partial charge in [-0.15, -0.1) is 0 Å². The number of ketones is 1. The monoisotopic (exact) mass is 243 g/mol. The summed E-state index contributed by atoms with van der Waals surface area (Å²) in [6.45, 7) is 0.0376. The van der Waals surface area contributed by atoms with Gasteiger partial charge in [0, 0.05) is 11.5 Å². The van der Waals surface area contributed by atoms with Gasteiger partial charge in [0.15, 0.2) is 12.4 Å². The van der Waals surface area contributed by atoms with Crippen molar-refractivity contribution < 1.29 is 9.53 Å². The summed E-state index contributed by atoms with van der Waals surface area (Å²) in [7, 11) is 0. The second kappa shape index (κ2) is 6.20. The summed E-state index contributed by atoms with van der Waals surface area (Å²) in [4.78, 5) is 12.2. The van der Waals surface area contributed by atoms with Gasteiger partial charge in [0.05, 0.1) is 0 Å². The Balaban J connectivity index is 2.00. The van der Waals surface area contributed by atoms with Crippen molar-refractivity contribution in [2.24, 2.45) is 5.92 Å². The molecule has 0 aromatic heterocycles. The summed E-state index contributed by atoms with van der Waals surface area (Å²) in [5.41, 5.74) is 0.756. The van der Waals surface area contributed by atoms with Crippen molar-refractivity contribution in [3.63, 3.8) is 0 Å². The minimum absolute atomic E-state index is 0.0376. The van der Waals surface area contributed by atoms with Crippen LogP contribution in [-0.4, -0.2) is 12.4 Å². The molecule has 1 aliphatic rings. The summed E-state index contributed by atoms with van der Waals surface area (Å²) < 4.78 is 5.16. The molecule has 3 heteroatoms. The lowest BCUT2D eigenvalue weighted by molar-refractivity contribution is 0.0889. The highest BCUT2D eigenvalue weighted by atomic mass is 16.5.